The van der Waals surface area contributed by atoms with Gasteiger partial charge in [-0.1, -0.05) is 18.9 Å². The number of rotatable bonds is 2. The molecule has 0 bridgehead atoms. The van der Waals surface area contributed by atoms with Crippen LogP contribution >= 0.6 is 0 Å². The van der Waals surface area contributed by atoms with Crippen LogP contribution in [-0.4, -0.2) is 40.9 Å². The Balaban J connectivity index is 1.61. The highest BCUT2D eigenvalue weighted by molar-refractivity contribution is 5.98. The van der Waals surface area contributed by atoms with Gasteiger partial charge in [-0.25, -0.2) is 0 Å². The zero-order valence-corrected chi connectivity index (χ0v) is 14.2. The molecule has 1 amide bonds. The van der Waals surface area contributed by atoms with E-state index in [1.807, 2.05) is 30.0 Å². The lowest BCUT2D eigenvalue weighted by molar-refractivity contribution is -0.0578. The molecule has 4 rings (SSSR count). The van der Waals surface area contributed by atoms with Crippen LogP contribution in [0.5, 0.6) is 11.5 Å². The van der Waals surface area contributed by atoms with Gasteiger partial charge in [0, 0.05) is 18.5 Å². The van der Waals surface area contributed by atoms with Gasteiger partial charge in [-0.2, -0.15) is 0 Å². The van der Waals surface area contributed by atoms with Crippen LogP contribution in [-0.2, 0) is 0 Å². The van der Waals surface area contributed by atoms with Crippen molar-refractivity contribution in [2.75, 3.05) is 13.3 Å². The number of para-hydroxylation sites is 1. The molecule has 0 unspecified atom stereocenters. The number of carbonyl (C=O) groups excluding carboxylic acids is 1. The summed E-state index contributed by atoms with van der Waals surface area (Å²) < 4.78 is 10.9. The normalized spacial score (nSPS) is 32.2. The number of benzene rings is 1. The fraction of sp³-hybridized carbons (Fsp3) is 0.632. The molecule has 1 N–H and O–H groups in total. The second-order valence-corrected chi connectivity index (χ2v) is 7.46. The molecule has 24 heavy (non-hydrogen) atoms. The Morgan fingerprint density at radius 1 is 1.25 bits per heavy atom. The third kappa shape index (κ3) is 2.55. The van der Waals surface area contributed by atoms with Gasteiger partial charge in [0.25, 0.3) is 5.91 Å². The molecule has 3 atom stereocenters. The van der Waals surface area contributed by atoms with Crippen molar-refractivity contribution in [2.45, 2.75) is 57.1 Å². The fourth-order valence-corrected chi connectivity index (χ4v) is 4.67. The van der Waals surface area contributed by atoms with Crippen molar-refractivity contribution in [3.8, 4) is 11.5 Å². The van der Waals surface area contributed by atoms with Gasteiger partial charge in [0.2, 0.25) is 6.79 Å². The molecular formula is C19H25NO4. The van der Waals surface area contributed by atoms with Gasteiger partial charge in [0.15, 0.2) is 11.5 Å². The minimum atomic E-state index is -0.677. The van der Waals surface area contributed by atoms with Crippen LogP contribution < -0.4 is 9.47 Å². The summed E-state index contributed by atoms with van der Waals surface area (Å²) in [4.78, 5) is 15.1. The number of nitrogens with zero attached hydrogens (tertiary/aromatic N) is 1. The van der Waals surface area contributed by atoms with Gasteiger partial charge in [-0.05, 0) is 44.7 Å². The first-order chi connectivity index (χ1) is 11.6. The number of hydrogen-bond donors (Lipinski definition) is 1. The zero-order chi connectivity index (χ0) is 16.7. The van der Waals surface area contributed by atoms with E-state index in [2.05, 4.69) is 0 Å². The Kier molecular flexibility index (Phi) is 3.91. The lowest BCUT2D eigenvalue weighted by Gasteiger charge is -2.43. The third-order valence-corrected chi connectivity index (χ3v) is 5.90. The summed E-state index contributed by atoms with van der Waals surface area (Å²) in [6.07, 6.45) is 5.99. The largest absolute Gasteiger partial charge is 0.454 e. The zero-order valence-electron chi connectivity index (χ0n) is 14.2. The summed E-state index contributed by atoms with van der Waals surface area (Å²) in [6.45, 7) is 2.86. The Morgan fingerprint density at radius 2 is 2.12 bits per heavy atom. The van der Waals surface area contributed by atoms with Crippen LogP contribution in [0.3, 0.4) is 0 Å². The van der Waals surface area contributed by atoms with Crippen LogP contribution in [0.2, 0.25) is 0 Å². The first-order valence-corrected chi connectivity index (χ1v) is 9.00. The molecule has 3 aliphatic rings. The smallest absolute Gasteiger partial charge is 0.258 e. The van der Waals surface area contributed by atoms with Crippen LogP contribution in [0, 0.1) is 5.92 Å². The molecule has 1 aromatic rings. The quantitative estimate of drug-likeness (QED) is 0.905. The van der Waals surface area contributed by atoms with Crippen molar-refractivity contribution >= 4 is 5.91 Å². The first kappa shape index (κ1) is 15.8. The molecule has 2 heterocycles. The number of likely N-dealkylation sites (tertiary alicyclic amines) is 1. The Hall–Kier alpha value is -1.75. The average Bonchev–Trinajstić information content (AvgIpc) is 3.22. The van der Waals surface area contributed by atoms with E-state index in [4.69, 9.17) is 9.47 Å². The molecule has 130 valence electrons. The van der Waals surface area contributed by atoms with Crippen molar-refractivity contribution in [2.24, 2.45) is 5.92 Å². The summed E-state index contributed by atoms with van der Waals surface area (Å²) in [5.74, 6) is 1.36. The summed E-state index contributed by atoms with van der Waals surface area (Å²) in [5, 5.41) is 10.8. The van der Waals surface area contributed by atoms with Gasteiger partial charge in [0.1, 0.15) is 0 Å². The molecular weight excluding hydrogens is 306 g/mol. The summed E-state index contributed by atoms with van der Waals surface area (Å²) in [7, 11) is 0. The minimum Gasteiger partial charge on any atom is -0.454 e. The Bertz CT molecular complexity index is 642. The molecule has 5 heteroatoms. The first-order valence-electron chi connectivity index (χ1n) is 9.00. The Morgan fingerprint density at radius 3 is 2.96 bits per heavy atom. The van der Waals surface area contributed by atoms with Crippen molar-refractivity contribution in [1.82, 2.24) is 4.90 Å². The molecule has 1 aliphatic carbocycles. The van der Waals surface area contributed by atoms with Crippen molar-refractivity contribution in [1.29, 1.82) is 0 Å². The number of hydrogen-bond acceptors (Lipinski definition) is 4. The van der Waals surface area contributed by atoms with Gasteiger partial charge < -0.3 is 19.5 Å². The topological polar surface area (TPSA) is 59.0 Å². The second kappa shape index (κ2) is 5.96. The molecule has 0 radical (unpaired) electrons. The van der Waals surface area contributed by atoms with E-state index in [9.17, 15) is 9.90 Å². The van der Waals surface area contributed by atoms with Crippen molar-refractivity contribution in [3.05, 3.63) is 23.8 Å². The highest BCUT2D eigenvalue weighted by Crippen LogP contribution is 2.42. The lowest BCUT2D eigenvalue weighted by atomic mass is 9.72. The van der Waals surface area contributed by atoms with E-state index in [1.165, 1.54) is 0 Å². The van der Waals surface area contributed by atoms with Crippen molar-refractivity contribution < 1.29 is 19.4 Å². The molecule has 1 aromatic carbocycles. The molecule has 5 nitrogen and oxygen atoms in total. The minimum absolute atomic E-state index is 0.00113. The number of ether oxygens (including phenoxy) is 2. The van der Waals surface area contributed by atoms with Gasteiger partial charge >= 0.3 is 0 Å². The van der Waals surface area contributed by atoms with Crippen LogP contribution in [0.1, 0.15) is 55.8 Å². The van der Waals surface area contributed by atoms with Crippen LogP contribution in [0.25, 0.3) is 0 Å². The van der Waals surface area contributed by atoms with Gasteiger partial charge in [-0.15, -0.1) is 0 Å². The van der Waals surface area contributed by atoms with E-state index in [-0.39, 0.29) is 24.7 Å². The van der Waals surface area contributed by atoms with E-state index in [0.29, 0.717) is 17.1 Å². The SMILES string of the molecule is C[C@]1(O)CCCC[C@H]1[C@@H]1CCCN1C(=O)c1cccc2c1OCO2. The number of amides is 1. The van der Waals surface area contributed by atoms with E-state index >= 15 is 0 Å². The van der Waals surface area contributed by atoms with E-state index < -0.39 is 5.60 Å². The summed E-state index contributed by atoms with van der Waals surface area (Å²) in [5.41, 5.74) is -0.100. The van der Waals surface area contributed by atoms with Gasteiger partial charge in [-0.3, -0.25) is 4.79 Å². The monoisotopic (exact) mass is 331 g/mol. The maximum atomic E-state index is 13.2. The maximum absolute atomic E-state index is 13.2. The van der Waals surface area contributed by atoms with Crippen molar-refractivity contribution in [3.63, 3.8) is 0 Å². The maximum Gasteiger partial charge on any atom is 0.258 e. The summed E-state index contributed by atoms with van der Waals surface area (Å²) in [6, 6.07) is 5.59. The highest BCUT2D eigenvalue weighted by Gasteiger charge is 2.45. The average molecular weight is 331 g/mol. The molecule has 1 saturated heterocycles. The van der Waals surface area contributed by atoms with E-state index in [0.717, 1.165) is 45.1 Å². The third-order valence-electron chi connectivity index (χ3n) is 5.90. The predicted octanol–water partition coefficient (Wildman–Crippen LogP) is 2.96. The number of carbonyl (C=O) groups is 1. The molecule has 1 saturated carbocycles. The fourth-order valence-electron chi connectivity index (χ4n) is 4.67. The van der Waals surface area contributed by atoms with E-state index in [1.54, 1.807) is 0 Å². The Labute approximate surface area is 142 Å². The molecule has 0 aromatic heterocycles. The molecule has 0 spiro atoms. The lowest BCUT2D eigenvalue weighted by Crippen LogP contribution is -2.50. The van der Waals surface area contributed by atoms with Gasteiger partial charge in [0.05, 0.1) is 11.2 Å². The highest BCUT2D eigenvalue weighted by atomic mass is 16.7. The van der Waals surface area contributed by atoms with Crippen LogP contribution in [0.4, 0.5) is 0 Å². The molecule has 2 fully saturated rings. The van der Waals surface area contributed by atoms with Crippen LogP contribution in [0.15, 0.2) is 18.2 Å². The number of aliphatic hydroxyl groups is 1. The molecule has 2 aliphatic heterocycles. The number of fused-ring (bicyclic) bond motifs is 1. The second-order valence-electron chi connectivity index (χ2n) is 7.46. The standard InChI is InChI=1S/C19H25NO4/c1-19(22)10-3-2-7-14(19)15-8-5-11-20(15)18(21)13-6-4-9-16-17(13)24-12-23-16/h4,6,9,14-15,22H,2-3,5,7-8,10-12H2,1H3/t14-,15-,19-/m0/s1. The predicted molar refractivity (Wildman–Crippen MR) is 89.2 cm³/mol. The summed E-state index contributed by atoms with van der Waals surface area (Å²) >= 11 is 0.